The Kier molecular flexibility index (Phi) is 4.28. The van der Waals surface area contributed by atoms with Crippen molar-refractivity contribution in [3.8, 4) is 0 Å². The van der Waals surface area contributed by atoms with Gasteiger partial charge >= 0.3 is 5.97 Å². The molecule has 2 aromatic rings. The summed E-state index contributed by atoms with van der Waals surface area (Å²) in [5, 5.41) is 1.89. The Morgan fingerprint density at radius 2 is 2.06 bits per heavy atom. The van der Waals surface area contributed by atoms with E-state index in [0.717, 1.165) is 9.77 Å². The summed E-state index contributed by atoms with van der Waals surface area (Å²) in [6.45, 7) is 0. The highest BCUT2D eigenvalue weighted by Gasteiger charge is 2.14. The van der Waals surface area contributed by atoms with Gasteiger partial charge in [0.1, 0.15) is 0 Å². The molecular formula is C13H12O3S2. The third-order valence-corrected chi connectivity index (χ3v) is 5.09. The zero-order valence-electron chi connectivity index (χ0n) is 9.79. The molecule has 3 nitrogen and oxygen atoms in total. The highest BCUT2D eigenvalue weighted by Crippen LogP contribution is 2.19. The smallest absolute Gasteiger partial charge is 0.338 e. The van der Waals surface area contributed by atoms with Gasteiger partial charge in [-0.15, -0.1) is 11.3 Å². The molecule has 0 fully saturated rings. The van der Waals surface area contributed by atoms with Crippen LogP contribution < -0.4 is 0 Å². The second-order valence-electron chi connectivity index (χ2n) is 3.57. The minimum atomic E-state index is -1.12. The zero-order chi connectivity index (χ0) is 13.0. The molecule has 0 saturated carbocycles. The van der Waals surface area contributed by atoms with Crippen molar-refractivity contribution in [1.82, 2.24) is 0 Å². The molecule has 0 radical (unpaired) electrons. The van der Waals surface area contributed by atoms with Crippen molar-refractivity contribution in [2.24, 2.45) is 0 Å². The van der Waals surface area contributed by atoms with Crippen LogP contribution in [0.4, 0.5) is 0 Å². The molecule has 0 spiro atoms. The maximum atomic E-state index is 12.1. The van der Waals surface area contributed by atoms with Gasteiger partial charge in [-0.05, 0) is 23.1 Å². The number of ether oxygens (including phenoxy) is 1. The van der Waals surface area contributed by atoms with Gasteiger partial charge in [-0.3, -0.25) is 4.21 Å². The molecule has 1 aromatic heterocycles. The lowest BCUT2D eigenvalue weighted by Crippen LogP contribution is -2.07. The third kappa shape index (κ3) is 2.86. The number of hydrogen-bond acceptors (Lipinski definition) is 4. The molecule has 1 heterocycles. The molecule has 0 bridgehead atoms. The number of thiophene rings is 1. The number of carbonyl (C=O) groups is 1. The summed E-state index contributed by atoms with van der Waals surface area (Å²) in [6.07, 6.45) is 0. The van der Waals surface area contributed by atoms with E-state index in [9.17, 15) is 9.00 Å². The van der Waals surface area contributed by atoms with Gasteiger partial charge in [0.15, 0.2) is 0 Å². The topological polar surface area (TPSA) is 43.4 Å². The molecule has 0 saturated heterocycles. The lowest BCUT2D eigenvalue weighted by atomic mass is 10.1. The number of rotatable bonds is 4. The summed E-state index contributed by atoms with van der Waals surface area (Å²) in [4.78, 5) is 11.6. The highest BCUT2D eigenvalue weighted by molar-refractivity contribution is 7.86. The molecule has 18 heavy (non-hydrogen) atoms. The van der Waals surface area contributed by atoms with Crippen molar-refractivity contribution in [3.63, 3.8) is 0 Å². The van der Waals surface area contributed by atoms with Gasteiger partial charge < -0.3 is 4.74 Å². The molecule has 0 amide bonds. The van der Waals surface area contributed by atoms with Crippen molar-refractivity contribution >= 4 is 28.1 Å². The largest absolute Gasteiger partial charge is 0.465 e. The molecule has 1 aromatic carbocycles. The van der Waals surface area contributed by atoms with Crippen LogP contribution >= 0.6 is 11.3 Å². The Morgan fingerprint density at radius 1 is 1.28 bits per heavy atom. The fourth-order valence-electron chi connectivity index (χ4n) is 1.56. The monoisotopic (exact) mass is 280 g/mol. The average Bonchev–Trinajstić information content (AvgIpc) is 2.92. The Balaban J connectivity index is 2.24. The van der Waals surface area contributed by atoms with E-state index in [1.165, 1.54) is 18.4 Å². The summed E-state index contributed by atoms with van der Waals surface area (Å²) in [5.74, 6) is -0.0695. The zero-order valence-corrected chi connectivity index (χ0v) is 11.4. The van der Waals surface area contributed by atoms with Gasteiger partial charge in [0.05, 0.1) is 33.4 Å². The number of methoxy groups -OCH3 is 1. The fourth-order valence-corrected chi connectivity index (χ4v) is 3.69. The van der Waals surface area contributed by atoms with Crippen LogP contribution in [-0.4, -0.2) is 17.3 Å². The van der Waals surface area contributed by atoms with Gasteiger partial charge in [0.2, 0.25) is 0 Å². The Morgan fingerprint density at radius 3 is 2.72 bits per heavy atom. The van der Waals surface area contributed by atoms with Gasteiger partial charge in [-0.25, -0.2) is 4.79 Å². The number of carbonyl (C=O) groups excluding carboxylic acids is 1. The lowest BCUT2D eigenvalue weighted by Gasteiger charge is -2.06. The molecule has 2 rings (SSSR count). The van der Waals surface area contributed by atoms with Crippen LogP contribution in [0.1, 0.15) is 15.9 Å². The average molecular weight is 280 g/mol. The summed E-state index contributed by atoms with van der Waals surface area (Å²) >= 11 is 1.45. The van der Waals surface area contributed by atoms with Crippen molar-refractivity contribution in [1.29, 1.82) is 0 Å². The normalized spacial score (nSPS) is 12.1. The van der Waals surface area contributed by atoms with Crippen LogP contribution in [0.5, 0.6) is 0 Å². The SMILES string of the molecule is COC(=O)c1ccccc1CS(=O)c1cccs1. The molecule has 5 heteroatoms. The van der Waals surface area contributed by atoms with Gasteiger partial charge in [-0.2, -0.15) is 0 Å². The number of esters is 1. The van der Waals surface area contributed by atoms with Crippen molar-refractivity contribution in [2.45, 2.75) is 9.96 Å². The molecular weight excluding hydrogens is 268 g/mol. The maximum absolute atomic E-state index is 12.1. The Labute approximate surface area is 112 Å². The van der Waals surface area contributed by atoms with Crippen LogP contribution in [0.25, 0.3) is 0 Å². The minimum absolute atomic E-state index is 0.325. The van der Waals surface area contributed by atoms with E-state index >= 15 is 0 Å². The number of hydrogen-bond donors (Lipinski definition) is 0. The minimum Gasteiger partial charge on any atom is -0.465 e. The predicted octanol–water partition coefficient (Wildman–Crippen LogP) is 2.84. The van der Waals surface area contributed by atoms with Gasteiger partial charge in [0, 0.05) is 0 Å². The van der Waals surface area contributed by atoms with E-state index in [0.29, 0.717) is 11.3 Å². The highest BCUT2D eigenvalue weighted by atomic mass is 32.2. The van der Waals surface area contributed by atoms with Crippen LogP contribution in [0.3, 0.4) is 0 Å². The second-order valence-corrected chi connectivity index (χ2v) is 6.20. The van der Waals surface area contributed by atoms with Crippen LogP contribution in [0, 0.1) is 0 Å². The fraction of sp³-hybridized carbons (Fsp3) is 0.154. The lowest BCUT2D eigenvalue weighted by molar-refractivity contribution is 0.0600. The third-order valence-electron chi connectivity index (χ3n) is 2.43. The van der Waals surface area contributed by atoms with Crippen molar-refractivity contribution in [3.05, 3.63) is 52.9 Å². The first-order valence-corrected chi connectivity index (χ1v) is 7.50. The van der Waals surface area contributed by atoms with E-state index in [-0.39, 0.29) is 0 Å². The van der Waals surface area contributed by atoms with E-state index in [4.69, 9.17) is 4.74 Å². The summed E-state index contributed by atoms with van der Waals surface area (Å²) < 4.78 is 17.6. The molecule has 0 aliphatic rings. The summed E-state index contributed by atoms with van der Waals surface area (Å²) in [6, 6.07) is 10.8. The maximum Gasteiger partial charge on any atom is 0.338 e. The number of benzene rings is 1. The quantitative estimate of drug-likeness (QED) is 0.809. The standard InChI is InChI=1S/C13H12O3S2/c1-16-13(14)11-6-3-2-5-10(11)9-18(15)12-7-4-8-17-12/h2-8H,9H2,1H3. The van der Waals surface area contributed by atoms with E-state index < -0.39 is 16.8 Å². The van der Waals surface area contributed by atoms with Crippen LogP contribution in [0.15, 0.2) is 46.0 Å². The van der Waals surface area contributed by atoms with Crippen LogP contribution in [-0.2, 0) is 21.3 Å². The van der Waals surface area contributed by atoms with Gasteiger partial charge in [0.25, 0.3) is 0 Å². The first-order valence-electron chi connectivity index (χ1n) is 5.30. The molecule has 1 atom stereocenters. The van der Waals surface area contributed by atoms with E-state index in [1.807, 2.05) is 23.6 Å². The molecule has 0 aliphatic carbocycles. The second kappa shape index (κ2) is 5.93. The molecule has 0 N–H and O–H groups in total. The van der Waals surface area contributed by atoms with E-state index in [2.05, 4.69) is 0 Å². The Bertz CT molecular complexity index is 561. The van der Waals surface area contributed by atoms with Crippen molar-refractivity contribution < 1.29 is 13.7 Å². The molecule has 94 valence electrons. The van der Waals surface area contributed by atoms with Crippen molar-refractivity contribution in [2.75, 3.05) is 7.11 Å². The molecule has 0 aliphatic heterocycles. The Hall–Kier alpha value is -1.46. The van der Waals surface area contributed by atoms with Crippen LogP contribution in [0.2, 0.25) is 0 Å². The first-order chi connectivity index (χ1) is 8.72. The summed E-state index contributed by atoms with van der Waals surface area (Å²) in [7, 11) is 0.221. The predicted molar refractivity (Wildman–Crippen MR) is 72.2 cm³/mol. The molecule has 1 unspecified atom stereocenters. The first kappa shape index (κ1) is 13.0. The summed E-state index contributed by atoms with van der Waals surface area (Å²) in [5.41, 5.74) is 1.22. The van der Waals surface area contributed by atoms with Gasteiger partial charge in [-0.1, -0.05) is 24.3 Å². The van der Waals surface area contributed by atoms with E-state index in [1.54, 1.807) is 18.2 Å².